The maximum Gasteiger partial charge on any atom is 0.118 e. The third kappa shape index (κ3) is 4.00. The number of rotatable bonds is 4. The predicted molar refractivity (Wildman–Crippen MR) is 89.7 cm³/mol. The van der Waals surface area contributed by atoms with Gasteiger partial charge in [-0.05, 0) is 73.1 Å². The molecule has 1 aromatic carbocycles. The molecule has 1 unspecified atom stereocenters. The summed E-state index contributed by atoms with van der Waals surface area (Å²) in [5, 5.41) is 0. The second kappa shape index (κ2) is 6.83. The molecule has 2 N–H and O–H groups in total. The van der Waals surface area contributed by atoms with Crippen LogP contribution in [0.25, 0.3) is 0 Å². The van der Waals surface area contributed by atoms with Crippen molar-refractivity contribution in [2.45, 2.75) is 52.4 Å². The van der Waals surface area contributed by atoms with E-state index in [4.69, 9.17) is 10.5 Å². The fourth-order valence-corrected chi connectivity index (χ4v) is 3.84. The molecule has 1 atom stereocenters. The van der Waals surface area contributed by atoms with Gasteiger partial charge in [0.25, 0.3) is 0 Å². The molecule has 0 radical (unpaired) electrons. The topological polar surface area (TPSA) is 35.2 Å². The van der Waals surface area contributed by atoms with Crippen LogP contribution in [0.15, 0.2) is 24.3 Å². The van der Waals surface area contributed by atoms with Crippen molar-refractivity contribution >= 4 is 0 Å². The molecule has 1 aromatic rings. The summed E-state index contributed by atoms with van der Waals surface area (Å²) in [6.45, 7) is 7.88. The van der Waals surface area contributed by atoms with Crippen LogP contribution in [0.5, 0.6) is 5.75 Å². The van der Waals surface area contributed by atoms with Gasteiger partial charge >= 0.3 is 0 Å². The highest BCUT2D eigenvalue weighted by molar-refractivity contribution is 5.30. The van der Waals surface area contributed by atoms with E-state index in [1.54, 1.807) is 7.11 Å². The predicted octanol–water partition coefficient (Wildman–Crippen LogP) is 4.59. The lowest BCUT2D eigenvalue weighted by molar-refractivity contribution is 0.140. The van der Waals surface area contributed by atoms with Gasteiger partial charge in [0.1, 0.15) is 5.75 Å². The summed E-state index contributed by atoms with van der Waals surface area (Å²) in [5.41, 5.74) is 7.92. The standard InChI is InChI=1S/C19H31NO/c1-19(2,3)16-9-5-14(6-10-16)18(13-20)15-7-11-17(21-4)12-8-15/h7-8,11-12,14,16,18H,5-6,9-10,13,20H2,1-4H3. The third-order valence-electron chi connectivity index (χ3n) is 5.36. The number of benzene rings is 1. The van der Waals surface area contributed by atoms with Gasteiger partial charge in [0.2, 0.25) is 0 Å². The maximum absolute atomic E-state index is 6.10. The SMILES string of the molecule is COc1ccc(C(CN)C2CCC(C(C)(C)C)CC2)cc1. The highest BCUT2D eigenvalue weighted by atomic mass is 16.5. The summed E-state index contributed by atoms with van der Waals surface area (Å²) in [7, 11) is 1.71. The van der Waals surface area contributed by atoms with Gasteiger partial charge in [-0.2, -0.15) is 0 Å². The van der Waals surface area contributed by atoms with Gasteiger partial charge in [0, 0.05) is 0 Å². The van der Waals surface area contributed by atoms with E-state index in [-0.39, 0.29) is 0 Å². The quantitative estimate of drug-likeness (QED) is 0.880. The number of nitrogens with two attached hydrogens (primary N) is 1. The van der Waals surface area contributed by atoms with E-state index in [9.17, 15) is 0 Å². The van der Waals surface area contributed by atoms with Crippen LogP contribution in [-0.4, -0.2) is 13.7 Å². The highest BCUT2D eigenvalue weighted by Gasteiger charge is 2.32. The minimum atomic E-state index is 0.448. The van der Waals surface area contributed by atoms with Crippen LogP contribution in [0.3, 0.4) is 0 Å². The molecule has 1 aliphatic rings. The van der Waals surface area contributed by atoms with E-state index in [2.05, 4.69) is 45.0 Å². The molecule has 0 saturated heterocycles. The number of hydrogen-bond acceptors (Lipinski definition) is 2. The zero-order valence-electron chi connectivity index (χ0n) is 14.1. The molecule has 0 heterocycles. The highest BCUT2D eigenvalue weighted by Crippen LogP contribution is 2.43. The van der Waals surface area contributed by atoms with E-state index in [0.717, 1.165) is 24.1 Å². The van der Waals surface area contributed by atoms with Gasteiger partial charge in [0.15, 0.2) is 0 Å². The largest absolute Gasteiger partial charge is 0.497 e. The monoisotopic (exact) mass is 289 g/mol. The number of hydrogen-bond donors (Lipinski definition) is 1. The average molecular weight is 289 g/mol. The zero-order valence-corrected chi connectivity index (χ0v) is 14.1. The number of ether oxygens (including phenoxy) is 1. The van der Waals surface area contributed by atoms with Gasteiger partial charge in [0.05, 0.1) is 7.11 Å². The van der Waals surface area contributed by atoms with Gasteiger partial charge in [-0.15, -0.1) is 0 Å². The Hall–Kier alpha value is -1.02. The normalized spacial score (nSPS) is 24.6. The van der Waals surface area contributed by atoms with Crippen molar-refractivity contribution in [3.05, 3.63) is 29.8 Å². The molecule has 118 valence electrons. The first kappa shape index (κ1) is 16.4. The van der Waals surface area contributed by atoms with Crippen LogP contribution in [0.2, 0.25) is 0 Å². The molecule has 0 spiro atoms. The van der Waals surface area contributed by atoms with E-state index in [1.165, 1.54) is 31.2 Å². The van der Waals surface area contributed by atoms with Gasteiger partial charge in [-0.25, -0.2) is 0 Å². The lowest BCUT2D eigenvalue weighted by Crippen LogP contribution is -2.30. The Morgan fingerprint density at radius 3 is 2.10 bits per heavy atom. The Morgan fingerprint density at radius 2 is 1.67 bits per heavy atom. The van der Waals surface area contributed by atoms with Crippen molar-refractivity contribution in [1.82, 2.24) is 0 Å². The summed E-state index contributed by atoms with van der Waals surface area (Å²) in [6.07, 6.45) is 5.33. The Kier molecular flexibility index (Phi) is 5.32. The van der Waals surface area contributed by atoms with Crippen LogP contribution in [0.1, 0.15) is 57.9 Å². The van der Waals surface area contributed by atoms with Crippen LogP contribution < -0.4 is 10.5 Å². The Balaban J connectivity index is 2.02. The lowest BCUT2D eigenvalue weighted by Gasteiger charge is -2.39. The molecule has 21 heavy (non-hydrogen) atoms. The summed E-state index contributed by atoms with van der Waals surface area (Å²) in [5.74, 6) is 3.02. The minimum absolute atomic E-state index is 0.448. The average Bonchev–Trinajstić information content (AvgIpc) is 2.48. The molecule has 0 bridgehead atoms. The molecule has 2 heteroatoms. The Morgan fingerprint density at radius 1 is 1.10 bits per heavy atom. The fourth-order valence-electron chi connectivity index (χ4n) is 3.84. The molecule has 1 fully saturated rings. The van der Waals surface area contributed by atoms with Crippen molar-refractivity contribution in [3.8, 4) is 5.75 Å². The summed E-state index contributed by atoms with van der Waals surface area (Å²) in [6, 6.07) is 8.48. The summed E-state index contributed by atoms with van der Waals surface area (Å²) >= 11 is 0. The van der Waals surface area contributed by atoms with Crippen molar-refractivity contribution < 1.29 is 4.74 Å². The van der Waals surface area contributed by atoms with Crippen LogP contribution in [0.4, 0.5) is 0 Å². The maximum atomic E-state index is 6.10. The zero-order chi connectivity index (χ0) is 15.5. The van der Waals surface area contributed by atoms with Gasteiger partial charge in [-0.1, -0.05) is 32.9 Å². The van der Waals surface area contributed by atoms with Crippen LogP contribution in [0, 0.1) is 17.3 Å². The fraction of sp³-hybridized carbons (Fsp3) is 0.684. The van der Waals surface area contributed by atoms with Crippen molar-refractivity contribution in [1.29, 1.82) is 0 Å². The summed E-state index contributed by atoms with van der Waals surface area (Å²) in [4.78, 5) is 0. The second-order valence-corrected chi connectivity index (χ2v) is 7.59. The van der Waals surface area contributed by atoms with E-state index < -0.39 is 0 Å². The van der Waals surface area contributed by atoms with Crippen molar-refractivity contribution in [2.75, 3.05) is 13.7 Å². The molecule has 0 aliphatic heterocycles. The van der Waals surface area contributed by atoms with E-state index >= 15 is 0 Å². The smallest absolute Gasteiger partial charge is 0.118 e. The van der Waals surface area contributed by atoms with Gasteiger partial charge < -0.3 is 10.5 Å². The molecule has 2 rings (SSSR count). The van der Waals surface area contributed by atoms with E-state index in [0.29, 0.717) is 11.3 Å². The molecule has 1 aliphatic carbocycles. The van der Waals surface area contributed by atoms with Crippen molar-refractivity contribution in [3.63, 3.8) is 0 Å². The molecule has 0 aromatic heterocycles. The number of methoxy groups -OCH3 is 1. The van der Waals surface area contributed by atoms with Gasteiger partial charge in [-0.3, -0.25) is 0 Å². The second-order valence-electron chi connectivity index (χ2n) is 7.59. The Labute approximate surface area is 130 Å². The first-order valence-electron chi connectivity index (χ1n) is 8.29. The Bertz CT molecular complexity index is 424. The molecule has 1 saturated carbocycles. The molecule has 0 amide bonds. The molecular weight excluding hydrogens is 258 g/mol. The first-order valence-corrected chi connectivity index (χ1v) is 8.29. The molecule has 2 nitrogen and oxygen atoms in total. The van der Waals surface area contributed by atoms with Crippen LogP contribution in [-0.2, 0) is 0 Å². The first-order chi connectivity index (χ1) is 9.95. The van der Waals surface area contributed by atoms with Crippen molar-refractivity contribution in [2.24, 2.45) is 23.0 Å². The third-order valence-corrected chi connectivity index (χ3v) is 5.36. The van der Waals surface area contributed by atoms with E-state index in [1.807, 2.05) is 0 Å². The summed E-state index contributed by atoms with van der Waals surface area (Å²) < 4.78 is 5.25. The molecular formula is C19H31NO. The lowest BCUT2D eigenvalue weighted by atomic mass is 9.66. The van der Waals surface area contributed by atoms with Crippen LogP contribution >= 0.6 is 0 Å². The minimum Gasteiger partial charge on any atom is -0.497 e.